The summed E-state index contributed by atoms with van der Waals surface area (Å²) in [6.45, 7) is 5.21. The molecule has 1 aliphatic heterocycles. The fourth-order valence-corrected chi connectivity index (χ4v) is 5.82. The van der Waals surface area contributed by atoms with Crippen LogP contribution in [0.5, 0.6) is 0 Å². The standard InChI is InChI=1S/C23H27N5OS/c1-2-5-19-25-21(20-17-6-3-4-7-18(17)30-22(20)26-19)27-12-14-28(15-13-27)23(29)16-8-10-24-11-9-16/h8-11H,2-7,12-15H2,1H3. The summed E-state index contributed by atoms with van der Waals surface area (Å²) in [4.78, 5) is 33.8. The number of hydrogen-bond acceptors (Lipinski definition) is 6. The molecule has 5 rings (SSSR count). The first-order chi connectivity index (χ1) is 14.7. The van der Waals surface area contributed by atoms with Crippen molar-refractivity contribution in [1.29, 1.82) is 0 Å². The quantitative estimate of drug-likeness (QED) is 0.640. The third kappa shape index (κ3) is 3.55. The maximum atomic E-state index is 12.8. The van der Waals surface area contributed by atoms with Gasteiger partial charge < -0.3 is 9.80 Å². The Bertz CT molecular complexity index is 1060. The number of aryl methyl sites for hydroxylation is 3. The van der Waals surface area contributed by atoms with Gasteiger partial charge in [-0.1, -0.05) is 6.92 Å². The van der Waals surface area contributed by atoms with Crippen molar-refractivity contribution in [3.63, 3.8) is 0 Å². The van der Waals surface area contributed by atoms with Crippen LogP contribution in [-0.4, -0.2) is 51.9 Å². The number of thiophene rings is 1. The number of amides is 1. The second-order valence-corrected chi connectivity index (χ2v) is 9.20. The number of pyridine rings is 1. The highest BCUT2D eigenvalue weighted by molar-refractivity contribution is 7.19. The van der Waals surface area contributed by atoms with Crippen LogP contribution < -0.4 is 4.90 Å². The highest BCUT2D eigenvalue weighted by Crippen LogP contribution is 2.40. The van der Waals surface area contributed by atoms with Crippen LogP contribution in [0.4, 0.5) is 5.82 Å². The van der Waals surface area contributed by atoms with Crippen LogP contribution in [0.25, 0.3) is 10.2 Å². The smallest absolute Gasteiger partial charge is 0.254 e. The number of nitrogens with zero attached hydrogens (tertiary/aromatic N) is 5. The Morgan fingerprint density at radius 3 is 2.60 bits per heavy atom. The van der Waals surface area contributed by atoms with Crippen molar-refractivity contribution >= 4 is 33.3 Å². The molecule has 0 aromatic carbocycles. The fourth-order valence-electron chi connectivity index (χ4n) is 4.54. The average Bonchev–Trinajstić information content (AvgIpc) is 3.17. The molecule has 0 unspecified atom stereocenters. The molecule has 0 atom stereocenters. The normalized spacial score (nSPS) is 16.7. The van der Waals surface area contributed by atoms with Gasteiger partial charge in [0.1, 0.15) is 16.5 Å². The van der Waals surface area contributed by atoms with Crippen molar-refractivity contribution in [2.24, 2.45) is 0 Å². The minimum atomic E-state index is 0.0875. The summed E-state index contributed by atoms with van der Waals surface area (Å²) in [6.07, 6.45) is 10.2. The second-order valence-electron chi connectivity index (χ2n) is 8.12. The molecule has 0 radical (unpaired) electrons. The van der Waals surface area contributed by atoms with E-state index in [1.807, 2.05) is 16.2 Å². The van der Waals surface area contributed by atoms with E-state index in [2.05, 4.69) is 16.8 Å². The van der Waals surface area contributed by atoms with Gasteiger partial charge in [-0.3, -0.25) is 9.78 Å². The third-order valence-electron chi connectivity index (χ3n) is 6.11. The van der Waals surface area contributed by atoms with E-state index in [-0.39, 0.29) is 5.91 Å². The van der Waals surface area contributed by atoms with Crippen LogP contribution >= 0.6 is 11.3 Å². The van der Waals surface area contributed by atoms with Gasteiger partial charge in [0.2, 0.25) is 0 Å². The molecule has 4 heterocycles. The molecule has 0 N–H and O–H groups in total. The van der Waals surface area contributed by atoms with Crippen LogP contribution in [0.2, 0.25) is 0 Å². The molecule has 156 valence electrons. The second kappa shape index (κ2) is 8.30. The molecule has 2 aliphatic rings. The molecule has 1 aliphatic carbocycles. The number of carbonyl (C=O) groups is 1. The average molecular weight is 422 g/mol. The Hall–Kier alpha value is -2.54. The highest BCUT2D eigenvalue weighted by Gasteiger charge is 2.27. The summed E-state index contributed by atoms with van der Waals surface area (Å²) in [5, 5.41) is 1.28. The molecule has 7 heteroatoms. The van der Waals surface area contributed by atoms with Gasteiger partial charge in [-0.2, -0.15) is 0 Å². The van der Waals surface area contributed by atoms with E-state index in [9.17, 15) is 4.79 Å². The van der Waals surface area contributed by atoms with E-state index in [4.69, 9.17) is 9.97 Å². The Balaban J connectivity index is 1.43. The fraction of sp³-hybridized carbons (Fsp3) is 0.478. The molecular formula is C23H27N5OS. The summed E-state index contributed by atoms with van der Waals surface area (Å²) >= 11 is 1.87. The predicted octanol–water partition coefficient (Wildman–Crippen LogP) is 3.88. The van der Waals surface area contributed by atoms with Crippen molar-refractivity contribution in [3.8, 4) is 0 Å². The Labute approximate surface area is 181 Å². The van der Waals surface area contributed by atoms with Crippen LogP contribution in [0, 0.1) is 0 Å². The van der Waals surface area contributed by atoms with Gasteiger partial charge in [-0.05, 0) is 49.8 Å². The van der Waals surface area contributed by atoms with Gasteiger partial charge in [0, 0.05) is 55.4 Å². The SMILES string of the molecule is CCCc1nc(N2CCN(C(=O)c3ccncc3)CC2)c2c3c(sc2n1)CCCC3. The van der Waals surface area contributed by atoms with Gasteiger partial charge in [0.05, 0.1) is 5.39 Å². The van der Waals surface area contributed by atoms with Crippen LogP contribution in [-0.2, 0) is 19.3 Å². The van der Waals surface area contributed by atoms with Crippen molar-refractivity contribution in [3.05, 3.63) is 46.4 Å². The topological polar surface area (TPSA) is 62.2 Å². The molecule has 30 heavy (non-hydrogen) atoms. The van der Waals surface area contributed by atoms with E-state index in [0.29, 0.717) is 18.7 Å². The van der Waals surface area contributed by atoms with Gasteiger partial charge in [0.15, 0.2) is 0 Å². The Morgan fingerprint density at radius 2 is 1.83 bits per heavy atom. The number of anilines is 1. The largest absolute Gasteiger partial charge is 0.352 e. The van der Waals surface area contributed by atoms with Gasteiger partial charge >= 0.3 is 0 Å². The lowest BCUT2D eigenvalue weighted by Crippen LogP contribution is -2.49. The summed E-state index contributed by atoms with van der Waals surface area (Å²) in [6, 6.07) is 3.58. The maximum Gasteiger partial charge on any atom is 0.254 e. The zero-order valence-corrected chi connectivity index (χ0v) is 18.2. The summed E-state index contributed by atoms with van der Waals surface area (Å²) in [5.74, 6) is 2.14. The van der Waals surface area contributed by atoms with E-state index in [0.717, 1.165) is 48.8 Å². The summed E-state index contributed by atoms with van der Waals surface area (Å²) < 4.78 is 0. The molecule has 1 amide bonds. The number of carbonyl (C=O) groups excluding carboxylic acids is 1. The highest BCUT2D eigenvalue weighted by atomic mass is 32.1. The molecule has 0 bridgehead atoms. The van der Waals surface area contributed by atoms with Crippen LogP contribution in [0.15, 0.2) is 24.5 Å². The van der Waals surface area contributed by atoms with Gasteiger partial charge in [0.25, 0.3) is 5.91 Å². The molecule has 0 spiro atoms. The Morgan fingerprint density at radius 1 is 1.07 bits per heavy atom. The van der Waals surface area contributed by atoms with Crippen molar-refractivity contribution < 1.29 is 4.79 Å². The Kier molecular flexibility index (Phi) is 5.37. The number of piperazine rings is 1. The minimum Gasteiger partial charge on any atom is -0.352 e. The van der Waals surface area contributed by atoms with E-state index in [1.165, 1.54) is 35.1 Å². The summed E-state index contributed by atoms with van der Waals surface area (Å²) in [7, 11) is 0. The number of hydrogen-bond donors (Lipinski definition) is 0. The lowest BCUT2D eigenvalue weighted by Gasteiger charge is -2.36. The third-order valence-corrected chi connectivity index (χ3v) is 7.29. The summed E-state index contributed by atoms with van der Waals surface area (Å²) in [5.41, 5.74) is 2.19. The van der Waals surface area contributed by atoms with E-state index in [1.54, 1.807) is 24.5 Å². The number of aromatic nitrogens is 3. The minimum absolute atomic E-state index is 0.0875. The van der Waals surface area contributed by atoms with Crippen molar-refractivity contribution in [2.75, 3.05) is 31.1 Å². The van der Waals surface area contributed by atoms with Crippen molar-refractivity contribution in [1.82, 2.24) is 19.9 Å². The van der Waals surface area contributed by atoms with E-state index < -0.39 is 0 Å². The van der Waals surface area contributed by atoms with Gasteiger partial charge in [-0.25, -0.2) is 9.97 Å². The number of fused-ring (bicyclic) bond motifs is 3. The first-order valence-corrected chi connectivity index (χ1v) is 11.8. The monoisotopic (exact) mass is 421 g/mol. The molecule has 0 saturated carbocycles. The number of rotatable bonds is 4. The van der Waals surface area contributed by atoms with Crippen LogP contribution in [0.1, 0.15) is 52.8 Å². The van der Waals surface area contributed by atoms with Gasteiger partial charge in [-0.15, -0.1) is 11.3 Å². The predicted molar refractivity (Wildman–Crippen MR) is 120 cm³/mol. The first-order valence-electron chi connectivity index (χ1n) is 11.0. The lowest BCUT2D eigenvalue weighted by atomic mass is 9.97. The zero-order chi connectivity index (χ0) is 20.5. The first kappa shape index (κ1) is 19.4. The maximum absolute atomic E-state index is 12.8. The molecule has 3 aromatic heterocycles. The molecule has 3 aromatic rings. The zero-order valence-electron chi connectivity index (χ0n) is 17.4. The van der Waals surface area contributed by atoms with Crippen molar-refractivity contribution in [2.45, 2.75) is 45.4 Å². The molecule has 1 fully saturated rings. The molecule has 6 nitrogen and oxygen atoms in total. The molecular weight excluding hydrogens is 394 g/mol. The van der Waals surface area contributed by atoms with Crippen LogP contribution in [0.3, 0.4) is 0 Å². The van der Waals surface area contributed by atoms with E-state index >= 15 is 0 Å². The lowest BCUT2D eigenvalue weighted by molar-refractivity contribution is 0.0746. The molecule has 1 saturated heterocycles.